The zero-order valence-corrected chi connectivity index (χ0v) is 8.46. The fraction of sp³-hybridized carbons (Fsp3) is 0.500. The number of allylic oxidation sites excluding steroid dienone is 1. The molecule has 0 spiro atoms. The molecular weight excluding hydrogens is 200 g/mol. The van der Waals surface area contributed by atoms with Crippen LogP contribution in [0.15, 0.2) is 18.0 Å². The second-order valence-electron chi connectivity index (χ2n) is 3.03. The molecule has 1 atom stereocenters. The van der Waals surface area contributed by atoms with Crippen LogP contribution in [0.25, 0.3) is 0 Å². The van der Waals surface area contributed by atoms with Crippen LogP contribution < -0.4 is 11.3 Å². The molecule has 1 aromatic rings. The molecule has 14 heavy (non-hydrogen) atoms. The Balaban J connectivity index is 2.16. The number of nitrogens with zero attached hydrogens (tertiary/aromatic N) is 2. The Morgan fingerprint density at radius 2 is 2.57 bits per heavy atom. The van der Waals surface area contributed by atoms with Crippen LogP contribution in [0.4, 0.5) is 0 Å². The van der Waals surface area contributed by atoms with Crippen molar-refractivity contribution >= 4 is 11.7 Å². The van der Waals surface area contributed by atoms with Gasteiger partial charge in [0.05, 0.1) is 24.5 Å². The lowest BCUT2D eigenvalue weighted by molar-refractivity contribution is 0.167. The molecule has 3 N–H and O–H groups in total. The Bertz CT molecular complexity index is 311. The zero-order valence-electron chi connectivity index (χ0n) is 7.64. The van der Waals surface area contributed by atoms with E-state index in [1.165, 1.54) is 11.7 Å². The van der Waals surface area contributed by atoms with Gasteiger partial charge in [-0.15, -0.1) is 0 Å². The summed E-state index contributed by atoms with van der Waals surface area (Å²) >= 11 is 1.17. The largest absolute Gasteiger partial charge is 0.496 e. The summed E-state index contributed by atoms with van der Waals surface area (Å²) in [6.45, 7) is 0.752. The Hall–Kier alpha value is -0.980. The van der Waals surface area contributed by atoms with Gasteiger partial charge in [0.15, 0.2) is 0 Å². The van der Waals surface area contributed by atoms with Crippen LogP contribution in [-0.2, 0) is 4.74 Å². The van der Waals surface area contributed by atoms with E-state index in [1.807, 2.05) is 6.08 Å². The molecule has 0 aliphatic carbocycles. The van der Waals surface area contributed by atoms with Crippen molar-refractivity contribution in [1.82, 2.24) is 14.2 Å². The predicted octanol–water partition coefficient (Wildman–Crippen LogP) is 0.737. The van der Waals surface area contributed by atoms with E-state index >= 15 is 0 Å². The number of ether oxygens (including phenoxy) is 1. The van der Waals surface area contributed by atoms with Crippen molar-refractivity contribution in [2.45, 2.75) is 18.9 Å². The molecule has 1 unspecified atom stereocenters. The Labute approximate surface area is 86.3 Å². The molecule has 0 bridgehead atoms. The van der Waals surface area contributed by atoms with E-state index in [9.17, 15) is 0 Å². The lowest BCUT2D eigenvalue weighted by atomic mass is 10.1. The third kappa shape index (κ3) is 1.92. The van der Waals surface area contributed by atoms with Gasteiger partial charge in [-0.05, 0) is 18.9 Å². The Morgan fingerprint density at radius 1 is 1.64 bits per heavy atom. The highest BCUT2D eigenvalue weighted by molar-refractivity contribution is 6.99. The summed E-state index contributed by atoms with van der Waals surface area (Å²) < 4.78 is 13.6. The van der Waals surface area contributed by atoms with Gasteiger partial charge in [0.25, 0.3) is 0 Å². The van der Waals surface area contributed by atoms with Crippen molar-refractivity contribution in [2.24, 2.45) is 5.84 Å². The lowest BCUT2D eigenvalue weighted by Gasteiger charge is -2.21. The first-order chi connectivity index (χ1) is 6.92. The molecule has 1 aliphatic rings. The van der Waals surface area contributed by atoms with Gasteiger partial charge >= 0.3 is 0 Å². The number of hydrogen-bond acceptors (Lipinski definition) is 6. The van der Waals surface area contributed by atoms with Crippen LogP contribution >= 0.6 is 11.7 Å². The minimum absolute atomic E-state index is 0.158. The fourth-order valence-corrected chi connectivity index (χ4v) is 1.84. The average molecular weight is 212 g/mol. The summed E-state index contributed by atoms with van der Waals surface area (Å²) in [6, 6.07) is -0.158. The van der Waals surface area contributed by atoms with E-state index in [2.05, 4.69) is 14.2 Å². The molecule has 0 amide bonds. The summed E-state index contributed by atoms with van der Waals surface area (Å²) in [6.07, 6.45) is 5.85. The van der Waals surface area contributed by atoms with Crippen molar-refractivity contribution in [3.63, 3.8) is 0 Å². The standard InChI is InChI=1S/C8H12N4OS/c9-11-8(6-5-10-14-12-6)7-3-1-2-4-13-7/h3,5,8,11H,1-2,4,9H2. The molecule has 1 aromatic heterocycles. The minimum Gasteiger partial charge on any atom is -0.496 e. The van der Waals surface area contributed by atoms with Gasteiger partial charge in [0.1, 0.15) is 17.5 Å². The van der Waals surface area contributed by atoms with Crippen LogP contribution in [0.3, 0.4) is 0 Å². The lowest BCUT2D eigenvalue weighted by Crippen LogP contribution is -2.31. The Kier molecular flexibility index (Phi) is 3.07. The topological polar surface area (TPSA) is 73.1 Å². The Morgan fingerprint density at radius 3 is 3.14 bits per heavy atom. The molecule has 76 valence electrons. The monoisotopic (exact) mass is 212 g/mol. The number of nitrogens with one attached hydrogen (secondary N) is 1. The maximum Gasteiger partial charge on any atom is 0.123 e. The number of rotatable bonds is 3. The van der Waals surface area contributed by atoms with E-state index in [-0.39, 0.29) is 6.04 Å². The molecule has 0 saturated heterocycles. The van der Waals surface area contributed by atoms with Gasteiger partial charge < -0.3 is 4.74 Å². The number of nitrogens with two attached hydrogens (primary N) is 1. The fourth-order valence-electron chi connectivity index (χ4n) is 1.39. The number of hydrogen-bond donors (Lipinski definition) is 2. The maximum atomic E-state index is 5.51. The van der Waals surface area contributed by atoms with Crippen LogP contribution in [-0.4, -0.2) is 15.4 Å². The first kappa shape index (κ1) is 9.57. The van der Waals surface area contributed by atoms with Crippen molar-refractivity contribution < 1.29 is 4.74 Å². The molecule has 0 radical (unpaired) electrons. The SMILES string of the molecule is NNC(C1=CCCCO1)c1cnsn1. The van der Waals surface area contributed by atoms with Gasteiger partial charge in [0.2, 0.25) is 0 Å². The first-order valence-corrected chi connectivity index (χ1v) is 5.21. The van der Waals surface area contributed by atoms with Crippen molar-refractivity contribution in [3.05, 3.63) is 23.7 Å². The van der Waals surface area contributed by atoms with Crippen molar-refractivity contribution in [1.29, 1.82) is 0 Å². The highest BCUT2D eigenvalue weighted by atomic mass is 32.1. The molecule has 0 aromatic carbocycles. The zero-order chi connectivity index (χ0) is 9.80. The van der Waals surface area contributed by atoms with Crippen molar-refractivity contribution in [2.75, 3.05) is 6.61 Å². The van der Waals surface area contributed by atoms with Crippen LogP contribution in [0.1, 0.15) is 24.6 Å². The minimum atomic E-state index is -0.158. The van der Waals surface area contributed by atoms with E-state index < -0.39 is 0 Å². The van der Waals surface area contributed by atoms with Crippen molar-refractivity contribution in [3.8, 4) is 0 Å². The highest BCUT2D eigenvalue weighted by Crippen LogP contribution is 2.23. The molecule has 0 fully saturated rings. The number of hydrazine groups is 1. The van der Waals surface area contributed by atoms with Gasteiger partial charge in [0, 0.05) is 0 Å². The smallest absolute Gasteiger partial charge is 0.123 e. The molecule has 2 heterocycles. The molecule has 1 aliphatic heterocycles. The molecule has 0 saturated carbocycles. The third-order valence-corrected chi connectivity index (χ3v) is 2.58. The number of aromatic nitrogens is 2. The molecule has 2 rings (SSSR count). The van der Waals surface area contributed by atoms with E-state index in [1.54, 1.807) is 6.20 Å². The molecule has 6 heteroatoms. The summed E-state index contributed by atoms with van der Waals surface area (Å²) in [7, 11) is 0. The first-order valence-electron chi connectivity index (χ1n) is 4.48. The van der Waals surface area contributed by atoms with Crippen LogP contribution in [0, 0.1) is 0 Å². The van der Waals surface area contributed by atoms with Gasteiger partial charge in [-0.2, -0.15) is 8.75 Å². The quantitative estimate of drug-likeness (QED) is 0.571. The average Bonchev–Trinajstić information content (AvgIpc) is 2.74. The second-order valence-corrected chi connectivity index (χ2v) is 3.59. The van der Waals surface area contributed by atoms with Gasteiger partial charge in [-0.1, -0.05) is 0 Å². The van der Waals surface area contributed by atoms with E-state index in [0.717, 1.165) is 30.9 Å². The highest BCUT2D eigenvalue weighted by Gasteiger charge is 2.20. The van der Waals surface area contributed by atoms with Gasteiger partial charge in [-0.3, -0.25) is 5.84 Å². The maximum absolute atomic E-state index is 5.51. The van der Waals surface area contributed by atoms with E-state index in [4.69, 9.17) is 10.6 Å². The molecule has 5 nitrogen and oxygen atoms in total. The summed E-state index contributed by atoms with van der Waals surface area (Å²) in [5, 5.41) is 0. The van der Waals surface area contributed by atoms with E-state index in [0.29, 0.717) is 0 Å². The van der Waals surface area contributed by atoms with Crippen LogP contribution in [0.2, 0.25) is 0 Å². The third-order valence-electron chi connectivity index (χ3n) is 2.09. The normalized spacial score (nSPS) is 18.5. The second kappa shape index (κ2) is 4.50. The summed E-state index contributed by atoms with van der Waals surface area (Å²) in [5.41, 5.74) is 3.50. The summed E-state index contributed by atoms with van der Waals surface area (Å²) in [5.74, 6) is 6.31. The van der Waals surface area contributed by atoms with Crippen LogP contribution in [0.5, 0.6) is 0 Å². The predicted molar refractivity (Wildman–Crippen MR) is 53.2 cm³/mol. The summed E-state index contributed by atoms with van der Waals surface area (Å²) in [4.78, 5) is 0. The molecular formula is C8H12N4OS. The van der Waals surface area contributed by atoms with Gasteiger partial charge in [-0.25, -0.2) is 5.43 Å².